The molecule has 2 rings (SSSR count). The number of thioether (sulfide) groups is 1. The second kappa shape index (κ2) is 6.18. The zero-order chi connectivity index (χ0) is 13.0. The molecule has 94 valence electrons. The summed E-state index contributed by atoms with van der Waals surface area (Å²) < 4.78 is 0. The van der Waals surface area contributed by atoms with Gasteiger partial charge in [0.15, 0.2) is 5.16 Å². The molecule has 0 saturated carbocycles. The van der Waals surface area contributed by atoms with Crippen molar-refractivity contribution in [2.45, 2.75) is 17.3 Å². The SMILES string of the molecule is Cc1cnc(SC(CN)c2ccc(Cl)cc2)nc1. The van der Waals surface area contributed by atoms with Crippen molar-refractivity contribution in [1.82, 2.24) is 9.97 Å². The summed E-state index contributed by atoms with van der Waals surface area (Å²) in [6.45, 7) is 2.50. The Morgan fingerprint density at radius 1 is 1.22 bits per heavy atom. The highest BCUT2D eigenvalue weighted by molar-refractivity contribution is 7.99. The van der Waals surface area contributed by atoms with Gasteiger partial charge < -0.3 is 5.73 Å². The molecule has 0 aliphatic heterocycles. The normalized spacial score (nSPS) is 12.4. The number of halogens is 1. The van der Waals surface area contributed by atoms with Gasteiger partial charge in [-0.3, -0.25) is 0 Å². The first-order chi connectivity index (χ1) is 8.69. The Morgan fingerprint density at radius 3 is 2.39 bits per heavy atom. The smallest absolute Gasteiger partial charge is 0.188 e. The summed E-state index contributed by atoms with van der Waals surface area (Å²) >= 11 is 7.44. The number of aryl methyl sites for hydroxylation is 1. The highest BCUT2D eigenvalue weighted by Crippen LogP contribution is 2.32. The molecule has 0 radical (unpaired) electrons. The van der Waals surface area contributed by atoms with E-state index in [0.717, 1.165) is 21.3 Å². The first kappa shape index (κ1) is 13.3. The predicted molar refractivity (Wildman–Crippen MR) is 75.9 cm³/mol. The zero-order valence-corrected chi connectivity index (χ0v) is 11.6. The summed E-state index contributed by atoms with van der Waals surface area (Å²) in [5, 5.41) is 1.61. The topological polar surface area (TPSA) is 51.8 Å². The van der Waals surface area contributed by atoms with E-state index in [1.807, 2.05) is 43.6 Å². The summed E-state index contributed by atoms with van der Waals surface area (Å²) in [6.07, 6.45) is 3.62. The maximum atomic E-state index is 5.87. The lowest BCUT2D eigenvalue weighted by atomic mass is 10.1. The van der Waals surface area contributed by atoms with E-state index in [9.17, 15) is 0 Å². The van der Waals surface area contributed by atoms with E-state index in [0.29, 0.717) is 6.54 Å². The summed E-state index contributed by atoms with van der Waals surface area (Å²) in [6, 6.07) is 7.72. The third-order valence-corrected chi connectivity index (χ3v) is 3.88. The fraction of sp³-hybridized carbons (Fsp3) is 0.231. The van der Waals surface area contributed by atoms with Gasteiger partial charge in [0.25, 0.3) is 0 Å². The highest BCUT2D eigenvalue weighted by Gasteiger charge is 2.12. The van der Waals surface area contributed by atoms with Crippen molar-refractivity contribution < 1.29 is 0 Å². The van der Waals surface area contributed by atoms with E-state index in [-0.39, 0.29) is 5.25 Å². The van der Waals surface area contributed by atoms with Gasteiger partial charge in [0.1, 0.15) is 0 Å². The average Bonchev–Trinajstić information content (AvgIpc) is 2.39. The second-order valence-electron chi connectivity index (χ2n) is 3.94. The number of hydrogen-bond donors (Lipinski definition) is 1. The molecular weight excluding hydrogens is 266 g/mol. The minimum Gasteiger partial charge on any atom is -0.329 e. The van der Waals surface area contributed by atoms with Gasteiger partial charge in [-0.1, -0.05) is 35.5 Å². The number of aromatic nitrogens is 2. The Labute approximate surface area is 116 Å². The van der Waals surface area contributed by atoms with Gasteiger partial charge >= 0.3 is 0 Å². The first-order valence-electron chi connectivity index (χ1n) is 5.60. The summed E-state index contributed by atoms with van der Waals surface area (Å²) in [4.78, 5) is 8.56. The van der Waals surface area contributed by atoms with Gasteiger partial charge in [0.05, 0.1) is 0 Å². The van der Waals surface area contributed by atoms with Crippen molar-refractivity contribution in [3.8, 4) is 0 Å². The molecule has 1 aromatic carbocycles. The van der Waals surface area contributed by atoms with E-state index in [2.05, 4.69) is 9.97 Å². The van der Waals surface area contributed by atoms with Crippen molar-refractivity contribution in [2.24, 2.45) is 5.73 Å². The van der Waals surface area contributed by atoms with E-state index < -0.39 is 0 Å². The molecule has 2 N–H and O–H groups in total. The van der Waals surface area contributed by atoms with Crippen LogP contribution in [0.2, 0.25) is 5.02 Å². The van der Waals surface area contributed by atoms with Crippen molar-refractivity contribution in [3.05, 3.63) is 52.8 Å². The third kappa shape index (κ3) is 3.45. The molecule has 1 aromatic heterocycles. The number of benzene rings is 1. The maximum Gasteiger partial charge on any atom is 0.188 e. The lowest BCUT2D eigenvalue weighted by Crippen LogP contribution is -2.09. The molecule has 2 aromatic rings. The van der Waals surface area contributed by atoms with Crippen LogP contribution in [0.1, 0.15) is 16.4 Å². The molecule has 0 bridgehead atoms. The molecule has 1 unspecified atom stereocenters. The fourth-order valence-corrected chi connectivity index (χ4v) is 2.50. The van der Waals surface area contributed by atoms with Crippen LogP contribution < -0.4 is 5.73 Å². The largest absolute Gasteiger partial charge is 0.329 e. The van der Waals surface area contributed by atoms with Crippen molar-refractivity contribution in [3.63, 3.8) is 0 Å². The summed E-state index contributed by atoms with van der Waals surface area (Å²) in [7, 11) is 0. The van der Waals surface area contributed by atoms with Crippen LogP contribution in [0.25, 0.3) is 0 Å². The van der Waals surface area contributed by atoms with Crippen LogP contribution in [0.5, 0.6) is 0 Å². The van der Waals surface area contributed by atoms with Gasteiger partial charge in [-0.2, -0.15) is 0 Å². The molecule has 0 spiro atoms. The van der Waals surface area contributed by atoms with Gasteiger partial charge in [-0.05, 0) is 30.2 Å². The molecule has 0 amide bonds. The molecule has 3 nitrogen and oxygen atoms in total. The van der Waals surface area contributed by atoms with Crippen LogP contribution in [0.3, 0.4) is 0 Å². The molecule has 0 aliphatic rings. The Kier molecular flexibility index (Phi) is 4.58. The minimum atomic E-state index is 0.143. The summed E-state index contributed by atoms with van der Waals surface area (Å²) in [5.74, 6) is 0. The summed E-state index contributed by atoms with van der Waals surface area (Å²) in [5.41, 5.74) is 8.00. The molecule has 18 heavy (non-hydrogen) atoms. The van der Waals surface area contributed by atoms with Gasteiger partial charge in [-0.25, -0.2) is 9.97 Å². The second-order valence-corrected chi connectivity index (χ2v) is 5.54. The van der Waals surface area contributed by atoms with Crippen molar-refractivity contribution >= 4 is 23.4 Å². The van der Waals surface area contributed by atoms with Gasteiger partial charge in [0, 0.05) is 29.2 Å². The van der Waals surface area contributed by atoms with E-state index in [1.54, 1.807) is 11.8 Å². The van der Waals surface area contributed by atoms with Gasteiger partial charge in [0.2, 0.25) is 0 Å². The molecule has 5 heteroatoms. The standard InChI is InChI=1S/C13H14ClN3S/c1-9-7-16-13(17-8-9)18-12(6-15)10-2-4-11(14)5-3-10/h2-5,7-8,12H,6,15H2,1H3. The predicted octanol–water partition coefficient (Wildman–Crippen LogP) is 3.23. The van der Waals surface area contributed by atoms with Crippen LogP contribution in [0.15, 0.2) is 41.8 Å². The average molecular weight is 280 g/mol. The highest BCUT2D eigenvalue weighted by atomic mass is 35.5. The van der Waals surface area contributed by atoms with E-state index in [4.69, 9.17) is 17.3 Å². The molecule has 1 atom stereocenters. The lowest BCUT2D eigenvalue weighted by molar-refractivity contribution is 0.903. The molecular formula is C13H14ClN3S. The van der Waals surface area contributed by atoms with E-state index >= 15 is 0 Å². The number of nitrogens with zero attached hydrogens (tertiary/aromatic N) is 2. The quantitative estimate of drug-likeness (QED) is 0.690. The fourth-order valence-electron chi connectivity index (χ4n) is 1.50. The van der Waals surface area contributed by atoms with Crippen LogP contribution in [0.4, 0.5) is 0 Å². The monoisotopic (exact) mass is 279 g/mol. The van der Waals surface area contributed by atoms with Crippen LogP contribution in [-0.4, -0.2) is 16.5 Å². The van der Waals surface area contributed by atoms with Gasteiger partial charge in [-0.15, -0.1) is 0 Å². The Bertz CT molecular complexity index is 499. The molecule has 0 saturated heterocycles. The molecule has 0 aliphatic carbocycles. The lowest BCUT2D eigenvalue weighted by Gasteiger charge is -2.13. The number of hydrogen-bond acceptors (Lipinski definition) is 4. The number of nitrogens with two attached hydrogens (primary N) is 1. The van der Waals surface area contributed by atoms with Crippen molar-refractivity contribution in [1.29, 1.82) is 0 Å². The Balaban J connectivity index is 2.14. The molecule has 0 fully saturated rings. The Morgan fingerprint density at radius 2 is 1.83 bits per heavy atom. The zero-order valence-electron chi connectivity index (χ0n) is 10.0. The Hall–Kier alpha value is -1.10. The first-order valence-corrected chi connectivity index (χ1v) is 6.85. The van der Waals surface area contributed by atoms with Crippen LogP contribution in [-0.2, 0) is 0 Å². The van der Waals surface area contributed by atoms with Crippen LogP contribution in [0, 0.1) is 6.92 Å². The number of rotatable bonds is 4. The van der Waals surface area contributed by atoms with Crippen molar-refractivity contribution in [2.75, 3.05) is 6.54 Å². The third-order valence-electron chi connectivity index (χ3n) is 2.46. The maximum absolute atomic E-state index is 5.87. The van der Waals surface area contributed by atoms with E-state index in [1.165, 1.54) is 0 Å². The molecule has 1 heterocycles. The van der Waals surface area contributed by atoms with Crippen LogP contribution >= 0.6 is 23.4 Å². The minimum absolute atomic E-state index is 0.143.